The minimum absolute atomic E-state index is 0.147. The van der Waals surface area contributed by atoms with E-state index in [1.54, 1.807) is 0 Å². The van der Waals surface area contributed by atoms with Crippen LogP contribution < -0.4 is 5.73 Å². The van der Waals surface area contributed by atoms with Crippen LogP contribution in [-0.2, 0) is 6.42 Å². The molecule has 0 aromatic heterocycles. The average Bonchev–Trinajstić information content (AvgIpc) is 2.73. The molecule has 1 nitrogen and oxygen atoms in total. The molecule has 1 heterocycles. The second-order valence-electron chi connectivity index (χ2n) is 4.22. The number of benzene rings is 1. The molecule has 1 aliphatic heterocycles. The number of hydrogen-bond acceptors (Lipinski definition) is 2. The van der Waals surface area contributed by atoms with Gasteiger partial charge in [-0.3, -0.25) is 0 Å². The summed E-state index contributed by atoms with van der Waals surface area (Å²) >= 11 is 14.3. The van der Waals surface area contributed by atoms with Crippen LogP contribution >= 0.6 is 35.0 Å². The SMILES string of the molecule is NCC1(Cc2c(Cl)cccc2Cl)CCCS1. The molecule has 16 heavy (non-hydrogen) atoms. The molecule has 0 radical (unpaired) electrons. The number of rotatable bonds is 3. The zero-order valence-electron chi connectivity index (χ0n) is 9.01. The maximum Gasteiger partial charge on any atom is 0.0453 e. The first kappa shape index (κ1) is 12.6. The Morgan fingerprint density at radius 3 is 2.50 bits per heavy atom. The van der Waals surface area contributed by atoms with Gasteiger partial charge in [0.25, 0.3) is 0 Å². The highest BCUT2D eigenvalue weighted by atomic mass is 35.5. The highest BCUT2D eigenvalue weighted by Crippen LogP contribution is 2.42. The van der Waals surface area contributed by atoms with Crippen LogP contribution in [0.25, 0.3) is 0 Å². The topological polar surface area (TPSA) is 26.0 Å². The number of hydrogen-bond donors (Lipinski definition) is 1. The fourth-order valence-electron chi connectivity index (χ4n) is 2.15. The molecule has 0 bridgehead atoms. The third-order valence-electron chi connectivity index (χ3n) is 3.12. The van der Waals surface area contributed by atoms with Crippen LogP contribution in [0.2, 0.25) is 10.0 Å². The Hall–Kier alpha value is 0.110. The van der Waals surface area contributed by atoms with E-state index in [0.29, 0.717) is 6.54 Å². The first-order chi connectivity index (χ1) is 7.67. The molecule has 1 aliphatic rings. The lowest BCUT2D eigenvalue weighted by atomic mass is 9.94. The summed E-state index contributed by atoms with van der Waals surface area (Å²) in [5.74, 6) is 1.19. The Bertz CT molecular complexity index is 355. The normalized spacial score (nSPS) is 24.9. The van der Waals surface area contributed by atoms with Crippen molar-refractivity contribution in [1.29, 1.82) is 0 Å². The molecule has 2 rings (SSSR count). The Kier molecular flexibility index (Phi) is 4.06. The summed E-state index contributed by atoms with van der Waals surface area (Å²) in [5.41, 5.74) is 6.96. The lowest BCUT2D eigenvalue weighted by Gasteiger charge is -2.27. The molecule has 0 saturated carbocycles. The quantitative estimate of drug-likeness (QED) is 0.909. The van der Waals surface area contributed by atoms with Crippen LogP contribution in [0.3, 0.4) is 0 Å². The van der Waals surface area contributed by atoms with Gasteiger partial charge in [-0.1, -0.05) is 29.3 Å². The maximum absolute atomic E-state index is 6.19. The Morgan fingerprint density at radius 1 is 1.31 bits per heavy atom. The first-order valence-electron chi connectivity index (χ1n) is 5.44. The summed E-state index contributed by atoms with van der Waals surface area (Å²) in [6.45, 7) is 0.694. The summed E-state index contributed by atoms with van der Waals surface area (Å²) in [6, 6.07) is 5.67. The van der Waals surface area contributed by atoms with Gasteiger partial charge in [0.1, 0.15) is 0 Å². The van der Waals surface area contributed by atoms with Gasteiger partial charge >= 0.3 is 0 Å². The standard InChI is InChI=1S/C12H15Cl2NS/c13-10-3-1-4-11(14)9(10)7-12(8-15)5-2-6-16-12/h1,3-4H,2,5-8,15H2. The van der Waals surface area contributed by atoms with E-state index in [0.717, 1.165) is 28.5 Å². The molecule has 0 spiro atoms. The van der Waals surface area contributed by atoms with Crippen molar-refractivity contribution in [2.24, 2.45) is 5.73 Å². The molecule has 1 atom stereocenters. The van der Waals surface area contributed by atoms with Crippen LogP contribution in [0, 0.1) is 0 Å². The molecule has 1 unspecified atom stereocenters. The molecule has 4 heteroatoms. The van der Waals surface area contributed by atoms with E-state index in [2.05, 4.69) is 0 Å². The van der Waals surface area contributed by atoms with E-state index in [1.165, 1.54) is 12.2 Å². The third-order valence-corrected chi connectivity index (χ3v) is 5.45. The minimum atomic E-state index is 0.147. The average molecular weight is 276 g/mol. The van der Waals surface area contributed by atoms with E-state index >= 15 is 0 Å². The van der Waals surface area contributed by atoms with E-state index in [-0.39, 0.29) is 4.75 Å². The van der Waals surface area contributed by atoms with Crippen molar-refractivity contribution >= 4 is 35.0 Å². The second kappa shape index (κ2) is 5.18. The van der Waals surface area contributed by atoms with Crippen molar-refractivity contribution in [3.63, 3.8) is 0 Å². The molecular weight excluding hydrogens is 261 g/mol. The van der Waals surface area contributed by atoms with Gasteiger partial charge in [0.15, 0.2) is 0 Å². The van der Waals surface area contributed by atoms with Crippen molar-refractivity contribution in [3.05, 3.63) is 33.8 Å². The van der Waals surface area contributed by atoms with E-state index in [9.17, 15) is 0 Å². The minimum Gasteiger partial charge on any atom is -0.329 e. The summed E-state index contributed by atoms with van der Waals surface area (Å²) in [7, 11) is 0. The van der Waals surface area contributed by atoms with Crippen molar-refractivity contribution in [1.82, 2.24) is 0 Å². The van der Waals surface area contributed by atoms with Gasteiger partial charge < -0.3 is 5.73 Å². The lowest BCUT2D eigenvalue weighted by Crippen LogP contribution is -2.34. The van der Waals surface area contributed by atoms with Gasteiger partial charge in [-0.25, -0.2) is 0 Å². The molecule has 88 valence electrons. The lowest BCUT2D eigenvalue weighted by molar-refractivity contribution is 0.565. The summed E-state index contributed by atoms with van der Waals surface area (Å²) in [6.07, 6.45) is 3.28. The van der Waals surface area contributed by atoms with Gasteiger partial charge in [-0.2, -0.15) is 11.8 Å². The van der Waals surface area contributed by atoms with Crippen LogP contribution in [0.1, 0.15) is 18.4 Å². The van der Waals surface area contributed by atoms with Gasteiger partial charge in [0.05, 0.1) is 0 Å². The van der Waals surface area contributed by atoms with E-state index in [1.807, 2.05) is 30.0 Å². The fourth-order valence-corrected chi connectivity index (χ4v) is 4.06. The summed E-state index contributed by atoms with van der Waals surface area (Å²) in [4.78, 5) is 0. The zero-order chi connectivity index (χ0) is 11.6. The third kappa shape index (κ3) is 2.51. The van der Waals surface area contributed by atoms with Crippen LogP contribution in [0.4, 0.5) is 0 Å². The molecule has 2 N–H and O–H groups in total. The van der Waals surface area contributed by atoms with Crippen LogP contribution in [-0.4, -0.2) is 17.0 Å². The van der Waals surface area contributed by atoms with Gasteiger partial charge in [0, 0.05) is 21.3 Å². The van der Waals surface area contributed by atoms with E-state index < -0.39 is 0 Å². The molecule has 1 aromatic rings. The Morgan fingerprint density at radius 2 is 2.00 bits per heavy atom. The Balaban J connectivity index is 2.25. The van der Waals surface area contributed by atoms with E-state index in [4.69, 9.17) is 28.9 Å². The maximum atomic E-state index is 6.19. The van der Waals surface area contributed by atoms with Crippen molar-refractivity contribution < 1.29 is 0 Å². The van der Waals surface area contributed by atoms with Gasteiger partial charge in [0.2, 0.25) is 0 Å². The van der Waals surface area contributed by atoms with Crippen LogP contribution in [0.15, 0.2) is 18.2 Å². The van der Waals surface area contributed by atoms with Crippen molar-refractivity contribution in [2.45, 2.75) is 24.0 Å². The smallest absolute Gasteiger partial charge is 0.0453 e. The van der Waals surface area contributed by atoms with Gasteiger partial charge in [-0.05, 0) is 42.7 Å². The largest absolute Gasteiger partial charge is 0.329 e. The predicted molar refractivity (Wildman–Crippen MR) is 73.6 cm³/mol. The molecule has 1 fully saturated rings. The van der Waals surface area contributed by atoms with Crippen molar-refractivity contribution in [3.8, 4) is 0 Å². The van der Waals surface area contributed by atoms with Crippen LogP contribution in [0.5, 0.6) is 0 Å². The zero-order valence-corrected chi connectivity index (χ0v) is 11.3. The van der Waals surface area contributed by atoms with Gasteiger partial charge in [-0.15, -0.1) is 0 Å². The highest BCUT2D eigenvalue weighted by molar-refractivity contribution is 8.00. The monoisotopic (exact) mass is 275 g/mol. The second-order valence-corrected chi connectivity index (χ2v) is 6.59. The Labute approximate surface area is 111 Å². The molecular formula is C12H15Cl2NS. The number of halogens is 2. The molecule has 0 aliphatic carbocycles. The number of thioether (sulfide) groups is 1. The molecule has 1 aromatic carbocycles. The predicted octanol–water partition coefficient (Wildman–Crippen LogP) is 3.76. The van der Waals surface area contributed by atoms with Crippen molar-refractivity contribution in [2.75, 3.05) is 12.3 Å². The molecule has 0 amide bonds. The highest BCUT2D eigenvalue weighted by Gasteiger charge is 2.34. The molecule has 1 saturated heterocycles. The summed E-state index contributed by atoms with van der Waals surface area (Å²) < 4.78 is 0.147. The fraction of sp³-hybridized carbons (Fsp3) is 0.500. The summed E-state index contributed by atoms with van der Waals surface area (Å²) in [5, 5.41) is 1.51. The first-order valence-corrected chi connectivity index (χ1v) is 7.18. The number of nitrogens with two attached hydrogens (primary N) is 1.